The highest BCUT2D eigenvalue weighted by Gasteiger charge is 2.28. The van der Waals surface area contributed by atoms with Crippen LogP contribution in [0.5, 0.6) is 0 Å². The second kappa shape index (κ2) is 6.02. The van der Waals surface area contributed by atoms with Gasteiger partial charge in [-0.05, 0) is 32.5 Å². The van der Waals surface area contributed by atoms with Gasteiger partial charge in [-0.25, -0.2) is 0 Å². The molecule has 1 aliphatic rings. The topological polar surface area (TPSA) is 23.6 Å². The summed E-state index contributed by atoms with van der Waals surface area (Å²) < 4.78 is 0. The van der Waals surface area contributed by atoms with Crippen molar-refractivity contribution < 1.29 is 4.79 Å². The first kappa shape index (κ1) is 13.8. The molecule has 19 heavy (non-hydrogen) atoms. The molecular weight excluding hydrogens is 236 g/mol. The average molecular weight is 258 g/mol. The van der Waals surface area contributed by atoms with Crippen LogP contribution in [0.2, 0.25) is 0 Å². The third-order valence-electron chi connectivity index (χ3n) is 3.80. The number of amides is 1. The van der Waals surface area contributed by atoms with Crippen LogP contribution in [0.15, 0.2) is 36.4 Å². The van der Waals surface area contributed by atoms with E-state index in [2.05, 4.69) is 25.8 Å². The Balaban J connectivity index is 2.02. The van der Waals surface area contributed by atoms with Crippen molar-refractivity contribution in [1.29, 1.82) is 0 Å². The van der Waals surface area contributed by atoms with Gasteiger partial charge >= 0.3 is 0 Å². The van der Waals surface area contributed by atoms with E-state index in [0.29, 0.717) is 6.04 Å². The third kappa shape index (κ3) is 3.44. The van der Waals surface area contributed by atoms with Gasteiger partial charge in [-0.2, -0.15) is 0 Å². The summed E-state index contributed by atoms with van der Waals surface area (Å²) in [6.45, 7) is 6.01. The van der Waals surface area contributed by atoms with Gasteiger partial charge in [0.2, 0.25) is 5.91 Å². The smallest absolute Gasteiger partial charge is 0.246 e. The Hall–Kier alpha value is -1.61. The highest BCUT2D eigenvalue weighted by Crippen LogP contribution is 2.14. The number of rotatable bonds is 2. The molecule has 3 nitrogen and oxygen atoms in total. The van der Waals surface area contributed by atoms with Gasteiger partial charge in [-0.1, -0.05) is 30.3 Å². The summed E-state index contributed by atoms with van der Waals surface area (Å²) >= 11 is 0. The summed E-state index contributed by atoms with van der Waals surface area (Å²) in [5.74, 6) is 0.108. The largest absolute Gasteiger partial charge is 0.334 e. The molecule has 1 fully saturated rings. The number of carbonyl (C=O) groups is 1. The Labute approximate surface area is 115 Å². The average Bonchev–Trinajstić information content (AvgIpc) is 2.41. The molecule has 0 aliphatic carbocycles. The van der Waals surface area contributed by atoms with Crippen LogP contribution in [0.4, 0.5) is 0 Å². The van der Waals surface area contributed by atoms with E-state index < -0.39 is 0 Å². The van der Waals surface area contributed by atoms with E-state index in [0.717, 1.165) is 18.7 Å². The summed E-state index contributed by atoms with van der Waals surface area (Å²) in [5.41, 5.74) is 1.06. The van der Waals surface area contributed by atoms with Crippen LogP contribution in [-0.4, -0.2) is 47.9 Å². The van der Waals surface area contributed by atoms with Crippen LogP contribution in [0.3, 0.4) is 0 Å². The summed E-state index contributed by atoms with van der Waals surface area (Å²) in [7, 11) is 2.11. The van der Waals surface area contributed by atoms with E-state index in [-0.39, 0.29) is 11.9 Å². The van der Waals surface area contributed by atoms with Gasteiger partial charge in [-0.15, -0.1) is 0 Å². The van der Waals surface area contributed by atoms with Crippen LogP contribution in [0.1, 0.15) is 19.4 Å². The molecule has 2 atom stereocenters. The SMILES string of the molecule is CC1CN(C(=O)/C=C\c2ccccc2)C(C)CN1C. The summed E-state index contributed by atoms with van der Waals surface area (Å²) in [4.78, 5) is 16.5. The number of nitrogens with zero attached hydrogens (tertiary/aromatic N) is 2. The number of piperazine rings is 1. The Morgan fingerprint density at radius 1 is 1.16 bits per heavy atom. The molecule has 102 valence electrons. The van der Waals surface area contributed by atoms with E-state index in [1.165, 1.54) is 0 Å². The summed E-state index contributed by atoms with van der Waals surface area (Å²) in [6.07, 6.45) is 3.57. The normalized spacial score (nSPS) is 24.9. The first-order chi connectivity index (χ1) is 9.08. The maximum atomic E-state index is 12.3. The maximum absolute atomic E-state index is 12.3. The van der Waals surface area contributed by atoms with Gasteiger partial charge in [0.05, 0.1) is 0 Å². The van der Waals surface area contributed by atoms with Crippen molar-refractivity contribution in [1.82, 2.24) is 9.80 Å². The Bertz CT molecular complexity index is 455. The third-order valence-corrected chi connectivity index (χ3v) is 3.80. The van der Waals surface area contributed by atoms with E-state index >= 15 is 0 Å². The molecule has 1 heterocycles. The fourth-order valence-electron chi connectivity index (χ4n) is 2.43. The van der Waals surface area contributed by atoms with Gasteiger partial charge in [-0.3, -0.25) is 9.69 Å². The molecule has 3 heteroatoms. The lowest BCUT2D eigenvalue weighted by Crippen LogP contribution is -2.56. The van der Waals surface area contributed by atoms with Gasteiger partial charge in [0.25, 0.3) is 0 Å². The van der Waals surface area contributed by atoms with E-state index in [1.807, 2.05) is 41.3 Å². The van der Waals surface area contributed by atoms with Crippen molar-refractivity contribution >= 4 is 12.0 Å². The Kier molecular flexibility index (Phi) is 4.38. The number of hydrogen-bond acceptors (Lipinski definition) is 2. The zero-order valence-electron chi connectivity index (χ0n) is 11.9. The van der Waals surface area contributed by atoms with Gasteiger partial charge in [0, 0.05) is 31.2 Å². The van der Waals surface area contributed by atoms with Crippen molar-refractivity contribution in [3.05, 3.63) is 42.0 Å². The molecule has 0 N–H and O–H groups in total. The molecule has 0 radical (unpaired) electrons. The van der Waals surface area contributed by atoms with Crippen LogP contribution < -0.4 is 0 Å². The predicted octanol–water partition coefficient (Wildman–Crippen LogP) is 2.25. The highest BCUT2D eigenvalue weighted by molar-refractivity contribution is 5.92. The van der Waals surface area contributed by atoms with E-state index in [4.69, 9.17) is 0 Å². The molecule has 2 unspecified atom stereocenters. The molecule has 1 aromatic rings. The molecule has 1 saturated heterocycles. The Morgan fingerprint density at radius 3 is 2.53 bits per heavy atom. The molecule has 0 spiro atoms. The lowest BCUT2D eigenvalue weighted by atomic mass is 10.1. The minimum atomic E-state index is 0.108. The fourth-order valence-corrected chi connectivity index (χ4v) is 2.43. The predicted molar refractivity (Wildman–Crippen MR) is 78.7 cm³/mol. The summed E-state index contributed by atoms with van der Waals surface area (Å²) in [6, 6.07) is 10.6. The van der Waals surface area contributed by atoms with Crippen molar-refractivity contribution in [2.24, 2.45) is 0 Å². The zero-order valence-corrected chi connectivity index (χ0v) is 11.9. The minimum absolute atomic E-state index is 0.108. The fraction of sp³-hybridized carbons (Fsp3) is 0.438. The monoisotopic (exact) mass is 258 g/mol. The minimum Gasteiger partial charge on any atom is -0.334 e. The zero-order chi connectivity index (χ0) is 13.8. The molecular formula is C16H22N2O. The standard InChI is InChI=1S/C16H22N2O/c1-13-12-18(14(2)11-17(13)3)16(19)10-9-15-7-5-4-6-8-15/h4-10,13-14H,11-12H2,1-3H3/b10-9-. The van der Waals surface area contributed by atoms with E-state index in [9.17, 15) is 4.79 Å². The number of carbonyl (C=O) groups excluding carboxylic acids is 1. The maximum Gasteiger partial charge on any atom is 0.246 e. The molecule has 1 amide bonds. The lowest BCUT2D eigenvalue weighted by Gasteiger charge is -2.42. The molecule has 0 saturated carbocycles. The van der Waals surface area contributed by atoms with Crippen molar-refractivity contribution in [2.75, 3.05) is 20.1 Å². The van der Waals surface area contributed by atoms with Crippen LogP contribution in [0, 0.1) is 0 Å². The summed E-state index contributed by atoms with van der Waals surface area (Å²) in [5, 5.41) is 0. The van der Waals surface area contributed by atoms with Crippen LogP contribution >= 0.6 is 0 Å². The molecule has 1 aliphatic heterocycles. The van der Waals surface area contributed by atoms with Gasteiger partial charge < -0.3 is 4.90 Å². The van der Waals surface area contributed by atoms with Gasteiger partial charge in [0.15, 0.2) is 0 Å². The van der Waals surface area contributed by atoms with Crippen molar-refractivity contribution in [2.45, 2.75) is 25.9 Å². The van der Waals surface area contributed by atoms with Crippen LogP contribution in [0.25, 0.3) is 6.08 Å². The molecule has 0 aromatic heterocycles. The van der Waals surface area contributed by atoms with Crippen molar-refractivity contribution in [3.63, 3.8) is 0 Å². The highest BCUT2D eigenvalue weighted by atomic mass is 16.2. The van der Waals surface area contributed by atoms with E-state index in [1.54, 1.807) is 6.08 Å². The molecule has 0 bridgehead atoms. The quantitative estimate of drug-likeness (QED) is 0.760. The van der Waals surface area contributed by atoms with Gasteiger partial charge in [0.1, 0.15) is 0 Å². The number of likely N-dealkylation sites (N-methyl/N-ethyl adjacent to an activating group) is 1. The van der Waals surface area contributed by atoms with Crippen LogP contribution in [-0.2, 0) is 4.79 Å². The molecule has 2 rings (SSSR count). The second-order valence-corrected chi connectivity index (χ2v) is 5.37. The lowest BCUT2D eigenvalue weighted by molar-refractivity contribution is -0.131. The number of benzene rings is 1. The Morgan fingerprint density at radius 2 is 1.84 bits per heavy atom. The number of hydrogen-bond donors (Lipinski definition) is 0. The first-order valence-corrected chi connectivity index (χ1v) is 6.82. The molecule has 1 aromatic carbocycles. The first-order valence-electron chi connectivity index (χ1n) is 6.82. The van der Waals surface area contributed by atoms with Crippen molar-refractivity contribution in [3.8, 4) is 0 Å². The second-order valence-electron chi connectivity index (χ2n) is 5.37.